The molecule has 2 aromatic heterocycles. The molecule has 1 N–H and O–H groups in total. The Labute approximate surface area is 128 Å². The van der Waals surface area contributed by atoms with E-state index in [9.17, 15) is 0 Å². The first kappa shape index (κ1) is 15.4. The number of hydrogen-bond acceptors (Lipinski definition) is 6. The fourth-order valence-electron chi connectivity index (χ4n) is 1.52. The SMILES string of the molecule is CCc1nsc(Sc2ncccc2CNC(C)(C)C)n1. The molecule has 2 rings (SSSR count). The predicted molar refractivity (Wildman–Crippen MR) is 84.2 cm³/mol. The Morgan fingerprint density at radius 1 is 1.35 bits per heavy atom. The number of nitrogens with one attached hydrogen (secondary N) is 1. The number of pyridine rings is 1. The van der Waals surface area contributed by atoms with Gasteiger partial charge in [0.15, 0.2) is 4.34 Å². The number of aryl methyl sites for hydroxylation is 1. The average molecular weight is 308 g/mol. The summed E-state index contributed by atoms with van der Waals surface area (Å²) in [5.74, 6) is 0.905. The van der Waals surface area contributed by atoms with Crippen molar-refractivity contribution in [2.75, 3.05) is 0 Å². The highest BCUT2D eigenvalue weighted by atomic mass is 32.2. The van der Waals surface area contributed by atoms with E-state index in [1.54, 1.807) is 11.8 Å². The van der Waals surface area contributed by atoms with Gasteiger partial charge in [0.2, 0.25) is 0 Å². The molecule has 0 unspecified atom stereocenters. The molecule has 6 heteroatoms. The second-order valence-electron chi connectivity index (χ2n) is 5.50. The third-order valence-electron chi connectivity index (χ3n) is 2.61. The molecule has 20 heavy (non-hydrogen) atoms. The van der Waals surface area contributed by atoms with Crippen molar-refractivity contribution in [3.63, 3.8) is 0 Å². The standard InChI is InChI=1S/C14H20N4S2/c1-5-11-17-13(20-18-11)19-12-10(7-6-8-15-12)9-16-14(2,3)4/h6-8,16H,5,9H2,1-4H3. The second kappa shape index (κ2) is 6.65. The third-order valence-corrected chi connectivity index (χ3v) is 4.46. The Balaban J connectivity index is 2.11. The van der Waals surface area contributed by atoms with E-state index in [1.165, 1.54) is 17.1 Å². The van der Waals surface area contributed by atoms with Crippen LogP contribution in [-0.4, -0.2) is 19.9 Å². The summed E-state index contributed by atoms with van der Waals surface area (Å²) in [7, 11) is 0. The Morgan fingerprint density at radius 2 is 2.15 bits per heavy atom. The van der Waals surface area contributed by atoms with Crippen molar-refractivity contribution in [2.45, 2.75) is 55.6 Å². The van der Waals surface area contributed by atoms with Crippen molar-refractivity contribution in [3.8, 4) is 0 Å². The molecule has 2 heterocycles. The maximum Gasteiger partial charge on any atom is 0.176 e. The molecule has 0 aromatic carbocycles. The van der Waals surface area contributed by atoms with Crippen LogP contribution in [-0.2, 0) is 13.0 Å². The first-order valence-electron chi connectivity index (χ1n) is 6.67. The fourth-order valence-corrected chi connectivity index (χ4v) is 3.22. The highest BCUT2D eigenvalue weighted by molar-refractivity contribution is 8.00. The van der Waals surface area contributed by atoms with E-state index in [4.69, 9.17) is 0 Å². The largest absolute Gasteiger partial charge is 0.308 e. The Morgan fingerprint density at radius 3 is 2.80 bits per heavy atom. The van der Waals surface area contributed by atoms with Gasteiger partial charge in [0, 0.05) is 24.7 Å². The van der Waals surface area contributed by atoms with Crippen molar-refractivity contribution in [1.29, 1.82) is 0 Å². The van der Waals surface area contributed by atoms with E-state index in [0.29, 0.717) is 0 Å². The van der Waals surface area contributed by atoms with Crippen LogP contribution in [0.25, 0.3) is 0 Å². The number of hydrogen-bond donors (Lipinski definition) is 1. The van der Waals surface area contributed by atoms with Crippen LogP contribution in [0.4, 0.5) is 0 Å². The van der Waals surface area contributed by atoms with E-state index < -0.39 is 0 Å². The fraction of sp³-hybridized carbons (Fsp3) is 0.500. The lowest BCUT2D eigenvalue weighted by Crippen LogP contribution is -2.35. The first-order valence-corrected chi connectivity index (χ1v) is 8.26. The van der Waals surface area contributed by atoms with E-state index in [0.717, 1.165) is 28.2 Å². The summed E-state index contributed by atoms with van der Waals surface area (Å²) in [6.45, 7) is 9.35. The van der Waals surface area contributed by atoms with Gasteiger partial charge in [0.05, 0.1) is 0 Å². The summed E-state index contributed by atoms with van der Waals surface area (Å²) in [4.78, 5) is 8.96. The lowest BCUT2D eigenvalue weighted by molar-refractivity contribution is 0.422. The third kappa shape index (κ3) is 4.54. The molecule has 0 saturated carbocycles. The summed E-state index contributed by atoms with van der Waals surface area (Å²) in [6, 6.07) is 4.08. The Hall–Kier alpha value is -0.980. The van der Waals surface area contributed by atoms with Gasteiger partial charge in [-0.15, -0.1) is 0 Å². The van der Waals surface area contributed by atoms with Crippen LogP contribution in [0.15, 0.2) is 27.7 Å². The summed E-state index contributed by atoms with van der Waals surface area (Å²) in [5.41, 5.74) is 1.29. The number of aromatic nitrogens is 3. The highest BCUT2D eigenvalue weighted by Gasteiger charge is 2.13. The van der Waals surface area contributed by atoms with Gasteiger partial charge in [-0.25, -0.2) is 9.97 Å². The quantitative estimate of drug-likeness (QED) is 0.915. The molecule has 2 aromatic rings. The molecule has 0 aliphatic rings. The van der Waals surface area contributed by atoms with E-state index in [-0.39, 0.29) is 5.54 Å². The summed E-state index contributed by atoms with van der Waals surface area (Å²) in [6.07, 6.45) is 2.70. The molecule has 0 amide bonds. The summed E-state index contributed by atoms with van der Waals surface area (Å²) < 4.78 is 5.27. The molecule has 108 valence electrons. The molecular formula is C14H20N4S2. The van der Waals surface area contributed by atoms with Crippen LogP contribution in [0.2, 0.25) is 0 Å². The molecular weight excluding hydrogens is 288 g/mol. The van der Waals surface area contributed by atoms with Gasteiger partial charge in [-0.1, -0.05) is 13.0 Å². The molecule has 0 spiro atoms. The van der Waals surface area contributed by atoms with Gasteiger partial charge in [0.1, 0.15) is 10.9 Å². The minimum Gasteiger partial charge on any atom is -0.308 e. The molecule has 0 bridgehead atoms. The first-order chi connectivity index (χ1) is 9.48. The summed E-state index contributed by atoms with van der Waals surface area (Å²) in [5, 5.41) is 4.50. The minimum atomic E-state index is 0.0932. The zero-order chi connectivity index (χ0) is 14.6. The van der Waals surface area contributed by atoms with Gasteiger partial charge < -0.3 is 5.32 Å². The molecule has 0 aliphatic heterocycles. The maximum absolute atomic E-state index is 4.48. The van der Waals surface area contributed by atoms with Crippen LogP contribution >= 0.6 is 23.3 Å². The smallest absolute Gasteiger partial charge is 0.176 e. The van der Waals surface area contributed by atoms with Gasteiger partial charge in [-0.3, -0.25) is 0 Å². The molecule has 4 nitrogen and oxygen atoms in total. The summed E-state index contributed by atoms with van der Waals surface area (Å²) >= 11 is 3.04. The molecule has 0 atom stereocenters. The zero-order valence-electron chi connectivity index (χ0n) is 12.3. The highest BCUT2D eigenvalue weighted by Crippen LogP contribution is 2.30. The maximum atomic E-state index is 4.48. The monoisotopic (exact) mass is 308 g/mol. The second-order valence-corrected chi connectivity index (χ2v) is 7.49. The van der Waals surface area contributed by atoms with Crippen molar-refractivity contribution in [1.82, 2.24) is 19.7 Å². The van der Waals surface area contributed by atoms with Crippen LogP contribution in [0.5, 0.6) is 0 Å². The van der Waals surface area contributed by atoms with Gasteiger partial charge in [0.25, 0.3) is 0 Å². The van der Waals surface area contributed by atoms with E-state index in [2.05, 4.69) is 53.4 Å². The van der Waals surface area contributed by atoms with Gasteiger partial charge in [-0.05, 0) is 55.7 Å². The van der Waals surface area contributed by atoms with Crippen LogP contribution in [0.3, 0.4) is 0 Å². The van der Waals surface area contributed by atoms with Crippen molar-refractivity contribution < 1.29 is 0 Å². The lowest BCUT2D eigenvalue weighted by Gasteiger charge is -2.21. The molecule has 0 fully saturated rings. The van der Waals surface area contributed by atoms with Crippen molar-refractivity contribution >= 4 is 23.3 Å². The zero-order valence-corrected chi connectivity index (χ0v) is 13.9. The molecule has 0 radical (unpaired) electrons. The van der Waals surface area contributed by atoms with Gasteiger partial charge >= 0.3 is 0 Å². The van der Waals surface area contributed by atoms with E-state index in [1.807, 2.05) is 12.3 Å². The van der Waals surface area contributed by atoms with Crippen LogP contribution in [0, 0.1) is 0 Å². The normalized spacial score (nSPS) is 11.8. The Kier molecular flexibility index (Phi) is 5.12. The molecule has 0 aliphatic carbocycles. The average Bonchev–Trinajstić information content (AvgIpc) is 2.84. The van der Waals surface area contributed by atoms with Crippen molar-refractivity contribution in [2.24, 2.45) is 0 Å². The topological polar surface area (TPSA) is 50.7 Å². The van der Waals surface area contributed by atoms with E-state index >= 15 is 0 Å². The number of nitrogens with zero attached hydrogens (tertiary/aromatic N) is 3. The number of rotatable bonds is 5. The predicted octanol–water partition coefficient (Wildman–Crippen LogP) is 3.53. The molecule has 0 saturated heterocycles. The van der Waals surface area contributed by atoms with Crippen LogP contribution in [0.1, 0.15) is 39.1 Å². The van der Waals surface area contributed by atoms with Gasteiger partial charge in [-0.2, -0.15) is 4.37 Å². The lowest BCUT2D eigenvalue weighted by atomic mass is 10.1. The van der Waals surface area contributed by atoms with Crippen LogP contribution < -0.4 is 5.32 Å². The Bertz CT molecular complexity index is 560. The minimum absolute atomic E-state index is 0.0932. The van der Waals surface area contributed by atoms with Crippen molar-refractivity contribution in [3.05, 3.63) is 29.7 Å².